The molecule has 98 valence electrons. The molecule has 0 spiro atoms. The van der Waals surface area contributed by atoms with E-state index in [0.717, 1.165) is 31.7 Å². The van der Waals surface area contributed by atoms with Crippen LogP contribution in [0.15, 0.2) is 24.5 Å². The van der Waals surface area contributed by atoms with E-state index < -0.39 is 0 Å². The molecule has 2 aliphatic rings. The van der Waals surface area contributed by atoms with Crippen LogP contribution in [0.2, 0.25) is 0 Å². The fraction of sp³-hybridized carbons (Fsp3) is 0.538. The lowest BCUT2D eigenvalue weighted by molar-refractivity contribution is -0.129. The van der Waals surface area contributed by atoms with Gasteiger partial charge in [-0.3, -0.25) is 9.78 Å². The van der Waals surface area contributed by atoms with Gasteiger partial charge >= 0.3 is 0 Å². The fourth-order valence-corrected chi connectivity index (χ4v) is 2.85. The highest BCUT2D eigenvalue weighted by atomic mass is 35.5. The number of hydrogen-bond acceptors (Lipinski definition) is 3. The van der Waals surface area contributed by atoms with Crippen LogP contribution in [-0.4, -0.2) is 42.0 Å². The maximum Gasteiger partial charge on any atom is 0.227 e. The average molecular weight is 268 g/mol. The van der Waals surface area contributed by atoms with E-state index in [1.165, 1.54) is 0 Å². The lowest BCUT2D eigenvalue weighted by Gasteiger charge is -2.17. The van der Waals surface area contributed by atoms with Crippen molar-refractivity contribution in [2.75, 3.05) is 26.2 Å². The molecule has 1 aromatic heterocycles. The Morgan fingerprint density at radius 2 is 2.11 bits per heavy atom. The topological polar surface area (TPSA) is 45.2 Å². The van der Waals surface area contributed by atoms with Crippen molar-refractivity contribution in [3.05, 3.63) is 30.1 Å². The molecule has 0 bridgehead atoms. The molecular formula is C13H18ClN3O. The molecular weight excluding hydrogens is 250 g/mol. The Labute approximate surface area is 113 Å². The van der Waals surface area contributed by atoms with Crippen LogP contribution in [0.3, 0.4) is 0 Å². The Balaban J connectivity index is 0.00000120. The van der Waals surface area contributed by atoms with Crippen LogP contribution >= 0.6 is 12.4 Å². The number of nitrogens with one attached hydrogen (secondary N) is 1. The summed E-state index contributed by atoms with van der Waals surface area (Å²) in [6.07, 6.45) is 4.00. The van der Waals surface area contributed by atoms with Crippen LogP contribution in [0.4, 0.5) is 0 Å². The summed E-state index contributed by atoms with van der Waals surface area (Å²) in [5.74, 6) is 1.59. The van der Waals surface area contributed by atoms with Crippen molar-refractivity contribution < 1.29 is 4.79 Å². The van der Waals surface area contributed by atoms with E-state index >= 15 is 0 Å². The first kappa shape index (κ1) is 13.3. The van der Waals surface area contributed by atoms with Gasteiger partial charge in [0.05, 0.1) is 6.42 Å². The molecule has 2 fully saturated rings. The minimum atomic E-state index is 0. The van der Waals surface area contributed by atoms with E-state index in [2.05, 4.69) is 10.3 Å². The Kier molecular flexibility index (Phi) is 4.19. The summed E-state index contributed by atoms with van der Waals surface area (Å²) >= 11 is 0. The highest BCUT2D eigenvalue weighted by Gasteiger charge is 2.37. The van der Waals surface area contributed by atoms with Gasteiger partial charge in [-0.25, -0.2) is 0 Å². The lowest BCUT2D eigenvalue weighted by atomic mass is 10.0. The van der Waals surface area contributed by atoms with Crippen molar-refractivity contribution in [2.45, 2.75) is 6.42 Å². The number of halogens is 1. The molecule has 1 aromatic rings. The molecule has 0 radical (unpaired) electrons. The quantitative estimate of drug-likeness (QED) is 0.859. The number of carbonyl (C=O) groups is 1. The van der Waals surface area contributed by atoms with E-state index in [1.807, 2.05) is 17.0 Å². The second kappa shape index (κ2) is 5.67. The van der Waals surface area contributed by atoms with Crippen LogP contribution in [0, 0.1) is 11.8 Å². The number of pyridine rings is 1. The zero-order valence-corrected chi connectivity index (χ0v) is 11.0. The standard InChI is InChI=1S/C13H17N3O.ClH/c17-13(4-10-2-1-3-14-5-10)16-8-11-6-15-7-12(11)9-16;/h1-3,5,11-12,15H,4,6-9H2;1H/t11-,12+;. The molecule has 2 atom stereocenters. The van der Waals surface area contributed by atoms with E-state index in [-0.39, 0.29) is 18.3 Å². The molecule has 0 aromatic carbocycles. The van der Waals surface area contributed by atoms with E-state index in [0.29, 0.717) is 18.3 Å². The summed E-state index contributed by atoms with van der Waals surface area (Å²) in [6, 6.07) is 3.84. The van der Waals surface area contributed by atoms with Gasteiger partial charge in [-0.2, -0.15) is 0 Å². The van der Waals surface area contributed by atoms with Gasteiger partial charge in [0.25, 0.3) is 0 Å². The maximum atomic E-state index is 12.1. The van der Waals surface area contributed by atoms with Gasteiger partial charge in [-0.05, 0) is 23.5 Å². The monoisotopic (exact) mass is 267 g/mol. The van der Waals surface area contributed by atoms with Gasteiger partial charge in [0.15, 0.2) is 0 Å². The van der Waals surface area contributed by atoms with Crippen molar-refractivity contribution in [2.24, 2.45) is 11.8 Å². The zero-order chi connectivity index (χ0) is 11.7. The first-order chi connectivity index (χ1) is 8.33. The largest absolute Gasteiger partial charge is 0.342 e. The molecule has 0 aliphatic carbocycles. The summed E-state index contributed by atoms with van der Waals surface area (Å²) in [5.41, 5.74) is 1.01. The fourth-order valence-electron chi connectivity index (χ4n) is 2.85. The van der Waals surface area contributed by atoms with Gasteiger partial charge in [0.2, 0.25) is 5.91 Å². The predicted molar refractivity (Wildman–Crippen MR) is 71.6 cm³/mol. The van der Waals surface area contributed by atoms with Crippen molar-refractivity contribution in [1.82, 2.24) is 15.2 Å². The maximum absolute atomic E-state index is 12.1. The minimum absolute atomic E-state index is 0. The second-order valence-electron chi connectivity index (χ2n) is 5.02. The lowest BCUT2D eigenvalue weighted by Crippen LogP contribution is -2.32. The van der Waals surface area contributed by atoms with Crippen LogP contribution in [0.5, 0.6) is 0 Å². The number of hydrogen-bond donors (Lipinski definition) is 1. The third-order valence-electron chi connectivity index (χ3n) is 3.82. The Hall–Kier alpha value is -1.13. The molecule has 3 rings (SSSR count). The first-order valence-corrected chi connectivity index (χ1v) is 6.20. The summed E-state index contributed by atoms with van der Waals surface area (Å²) in [5, 5.41) is 3.39. The molecule has 0 saturated carbocycles. The van der Waals surface area contributed by atoms with Gasteiger partial charge in [-0.1, -0.05) is 6.07 Å². The molecule has 3 heterocycles. The number of amides is 1. The molecule has 0 unspecified atom stereocenters. The van der Waals surface area contributed by atoms with Gasteiger partial charge < -0.3 is 10.2 Å². The third-order valence-corrected chi connectivity index (χ3v) is 3.82. The highest BCUT2D eigenvalue weighted by molar-refractivity contribution is 5.85. The second-order valence-corrected chi connectivity index (χ2v) is 5.02. The minimum Gasteiger partial charge on any atom is -0.342 e. The molecule has 1 N–H and O–H groups in total. The Bertz CT molecular complexity index is 400. The van der Waals surface area contributed by atoms with Crippen LogP contribution in [0.25, 0.3) is 0 Å². The molecule has 2 aliphatic heterocycles. The SMILES string of the molecule is Cl.O=C(Cc1cccnc1)N1C[C@H]2CNC[C@H]2C1. The van der Waals surface area contributed by atoms with E-state index in [9.17, 15) is 4.79 Å². The predicted octanol–water partition coefficient (Wildman–Crippen LogP) is 0.724. The normalized spacial score (nSPS) is 25.7. The van der Waals surface area contributed by atoms with Crippen molar-refractivity contribution >= 4 is 18.3 Å². The molecule has 4 nitrogen and oxygen atoms in total. The molecule has 1 amide bonds. The van der Waals surface area contributed by atoms with Crippen molar-refractivity contribution in [3.8, 4) is 0 Å². The number of carbonyl (C=O) groups excluding carboxylic acids is 1. The summed E-state index contributed by atoms with van der Waals surface area (Å²) in [7, 11) is 0. The number of nitrogens with zero attached hydrogens (tertiary/aromatic N) is 2. The summed E-state index contributed by atoms with van der Waals surface area (Å²) < 4.78 is 0. The molecule has 18 heavy (non-hydrogen) atoms. The highest BCUT2D eigenvalue weighted by Crippen LogP contribution is 2.26. The zero-order valence-electron chi connectivity index (χ0n) is 10.2. The van der Waals surface area contributed by atoms with E-state index in [4.69, 9.17) is 0 Å². The van der Waals surface area contributed by atoms with Gasteiger partial charge in [0.1, 0.15) is 0 Å². The number of likely N-dealkylation sites (tertiary alicyclic amines) is 1. The average Bonchev–Trinajstić information content (AvgIpc) is 2.90. The third kappa shape index (κ3) is 2.65. The number of rotatable bonds is 2. The van der Waals surface area contributed by atoms with Crippen LogP contribution in [-0.2, 0) is 11.2 Å². The smallest absolute Gasteiger partial charge is 0.227 e. The van der Waals surface area contributed by atoms with Gasteiger partial charge in [0, 0.05) is 38.6 Å². The van der Waals surface area contributed by atoms with Crippen molar-refractivity contribution in [1.29, 1.82) is 0 Å². The number of aromatic nitrogens is 1. The molecule has 2 saturated heterocycles. The summed E-state index contributed by atoms with van der Waals surface area (Å²) in [6.45, 7) is 4.00. The Morgan fingerprint density at radius 1 is 1.39 bits per heavy atom. The Morgan fingerprint density at radius 3 is 2.72 bits per heavy atom. The van der Waals surface area contributed by atoms with Crippen LogP contribution in [0.1, 0.15) is 5.56 Å². The van der Waals surface area contributed by atoms with Gasteiger partial charge in [-0.15, -0.1) is 12.4 Å². The summed E-state index contributed by atoms with van der Waals surface area (Å²) in [4.78, 5) is 18.2. The van der Waals surface area contributed by atoms with E-state index in [1.54, 1.807) is 12.4 Å². The number of fused-ring (bicyclic) bond motifs is 1. The van der Waals surface area contributed by atoms with Crippen molar-refractivity contribution in [3.63, 3.8) is 0 Å². The molecule has 5 heteroatoms. The first-order valence-electron chi connectivity index (χ1n) is 6.20. The van der Waals surface area contributed by atoms with Crippen LogP contribution < -0.4 is 5.32 Å².